The summed E-state index contributed by atoms with van der Waals surface area (Å²) >= 11 is 6.02. The molecule has 8 heteroatoms. The third-order valence-electron chi connectivity index (χ3n) is 5.91. The van der Waals surface area contributed by atoms with E-state index in [4.69, 9.17) is 26.1 Å². The van der Waals surface area contributed by atoms with Gasteiger partial charge in [-0.15, -0.1) is 0 Å². The Balaban J connectivity index is 1.38. The van der Waals surface area contributed by atoms with Crippen LogP contribution in [0.25, 0.3) is 11.3 Å². The summed E-state index contributed by atoms with van der Waals surface area (Å²) in [5, 5.41) is 5.08. The Morgan fingerprint density at radius 1 is 0.933 bits per heavy atom. The zero-order valence-corrected chi connectivity index (χ0v) is 18.1. The molecule has 30 heavy (non-hydrogen) atoms. The van der Waals surface area contributed by atoms with E-state index in [-0.39, 0.29) is 0 Å². The zero-order valence-electron chi connectivity index (χ0n) is 17.3. The van der Waals surface area contributed by atoms with Crippen LogP contribution >= 0.6 is 11.6 Å². The van der Waals surface area contributed by atoms with Crippen molar-refractivity contribution in [2.75, 3.05) is 49.6 Å². The molecule has 0 bridgehead atoms. The molecule has 0 amide bonds. The van der Waals surface area contributed by atoms with Gasteiger partial charge in [-0.2, -0.15) is 0 Å². The van der Waals surface area contributed by atoms with Crippen LogP contribution in [0.15, 0.2) is 34.9 Å². The third-order valence-corrected chi connectivity index (χ3v) is 6.16. The highest BCUT2D eigenvalue weighted by atomic mass is 35.5. The van der Waals surface area contributed by atoms with Crippen molar-refractivity contribution in [3.05, 3.63) is 52.4 Å². The molecule has 156 valence electrons. The van der Waals surface area contributed by atoms with E-state index < -0.39 is 0 Å². The highest BCUT2D eigenvalue weighted by Gasteiger charge is 2.26. The van der Waals surface area contributed by atoms with Gasteiger partial charge in [-0.1, -0.05) is 16.8 Å². The fourth-order valence-electron chi connectivity index (χ4n) is 4.15. The lowest BCUT2D eigenvalue weighted by Crippen LogP contribution is -2.45. The Hall–Kier alpha value is -2.64. The number of anilines is 2. The minimum Gasteiger partial charge on any atom is -0.356 e. The van der Waals surface area contributed by atoms with E-state index in [1.54, 1.807) is 0 Å². The second-order valence-electron chi connectivity index (χ2n) is 8.04. The SMILES string of the molecule is Cc1nc(N2CCN(C)CC2)cc(N2CCc3c(noc3-c3ccc(Cl)cc3)C2)n1. The van der Waals surface area contributed by atoms with Crippen LogP contribution in [0.3, 0.4) is 0 Å². The maximum atomic E-state index is 6.02. The first-order chi connectivity index (χ1) is 14.6. The van der Waals surface area contributed by atoms with Gasteiger partial charge in [-0.3, -0.25) is 0 Å². The van der Waals surface area contributed by atoms with Gasteiger partial charge >= 0.3 is 0 Å². The third kappa shape index (κ3) is 3.75. The van der Waals surface area contributed by atoms with Crippen molar-refractivity contribution in [2.45, 2.75) is 19.9 Å². The van der Waals surface area contributed by atoms with Gasteiger partial charge in [0.2, 0.25) is 0 Å². The summed E-state index contributed by atoms with van der Waals surface area (Å²) in [5.74, 6) is 3.61. The van der Waals surface area contributed by atoms with Crippen molar-refractivity contribution in [3.63, 3.8) is 0 Å². The molecule has 5 rings (SSSR count). The summed E-state index contributed by atoms with van der Waals surface area (Å²) in [4.78, 5) is 16.4. The average Bonchev–Trinajstić information content (AvgIpc) is 3.17. The smallest absolute Gasteiger partial charge is 0.170 e. The first-order valence-electron chi connectivity index (χ1n) is 10.3. The summed E-state index contributed by atoms with van der Waals surface area (Å²) in [7, 11) is 2.16. The van der Waals surface area contributed by atoms with Crippen LogP contribution in [-0.2, 0) is 13.0 Å². The van der Waals surface area contributed by atoms with Crippen LogP contribution in [-0.4, -0.2) is 59.8 Å². The first-order valence-corrected chi connectivity index (χ1v) is 10.7. The summed E-state index contributed by atoms with van der Waals surface area (Å²) in [6.45, 7) is 7.61. The Kier molecular flexibility index (Phi) is 5.08. The fraction of sp³-hybridized carbons (Fsp3) is 0.409. The number of halogens is 1. The van der Waals surface area contributed by atoms with Crippen molar-refractivity contribution in [1.82, 2.24) is 20.0 Å². The second kappa shape index (κ2) is 7.89. The molecule has 2 aliphatic heterocycles. The topological polar surface area (TPSA) is 61.5 Å². The number of piperazine rings is 1. The first kappa shape index (κ1) is 19.3. The molecule has 2 aliphatic rings. The van der Waals surface area contributed by atoms with E-state index in [1.807, 2.05) is 31.2 Å². The van der Waals surface area contributed by atoms with Gasteiger partial charge in [0, 0.05) is 54.9 Å². The van der Waals surface area contributed by atoms with E-state index in [9.17, 15) is 0 Å². The summed E-state index contributed by atoms with van der Waals surface area (Å²) < 4.78 is 5.71. The van der Waals surface area contributed by atoms with Gasteiger partial charge in [-0.25, -0.2) is 9.97 Å². The van der Waals surface area contributed by atoms with Gasteiger partial charge in [0.15, 0.2) is 5.76 Å². The van der Waals surface area contributed by atoms with Crippen molar-refractivity contribution in [2.24, 2.45) is 0 Å². The van der Waals surface area contributed by atoms with E-state index >= 15 is 0 Å². The Morgan fingerprint density at radius 2 is 1.63 bits per heavy atom. The molecule has 1 fully saturated rings. The Morgan fingerprint density at radius 3 is 2.37 bits per heavy atom. The van der Waals surface area contributed by atoms with E-state index in [0.717, 1.165) is 73.6 Å². The lowest BCUT2D eigenvalue weighted by Gasteiger charge is -2.34. The van der Waals surface area contributed by atoms with Crippen LogP contribution in [0.1, 0.15) is 17.1 Å². The van der Waals surface area contributed by atoms with Gasteiger partial charge in [0.1, 0.15) is 23.2 Å². The molecular weight excluding hydrogens is 400 g/mol. The van der Waals surface area contributed by atoms with E-state index in [0.29, 0.717) is 11.6 Å². The second-order valence-corrected chi connectivity index (χ2v) is 8.47. The van der Waals surface area contributed by atoms with Crippen molar-refractivity contribution < 1.29 is 4.52 Å². The minimum atomic E-state index is 0.686. The van der Waals surface area contributed by atoms with Crippen molar-refractivity contribution >= 4 is 23.2 Å². The summed E-state index contributed by atoms with van der Waals surface area (Å²) in [5.41, 5.74) is 3.17. The maximum absolute atomic E-state index is 6.02. The molecule has 1 saturated heterocycles. The molecule has 0 spiro atoms. The number of nitrogens with zero attached hydrogens (tertiary/aromatic N) is 6. The van der Waals surface area contributed by atoms with Crippen LogP contribution in [0, 0.1) is 6.92 Å². The Bertz CT molecular complexity index is 1040. The molecule has 0 saturated carbocycles. The van der Waals surface area contributed by atoms with Crippen LogP contribution < -0.4 is 9.80 Å². The summed E-state index contributed by atoms with van der Waals surface area (Å²) in [6, 6.07) is 9.83. The van der Waals surface area contributed by atoms with Crippen molar-refractivity contribution in [3.8, 4) is 11.3 Å². The highest BCUT2D eigenvalue weighted by Crippen LogP contribution is 2.32. The van der Waals surface area contributed by atoms with E-state index in [1.165, 1.54) is 5.56 Å². The number of aryl methyl sites for hydroxylation is 1. The molecule has 0 unspecified atom stereocenters. The van der Waals surface area contributed by atoms with E-state index in [2.05, 4.69) is 33.0 Å². The number of rotatable bonds is 3. The molecule has 0 N–H and O–H groups in total. The monoisotopic (exact) mass is 424 g/mol. The fourth-order valence-corrected chi connectivity index (χ4v) is 4.28. The average molecular weight is 425 g/mol. The number of benzene rings is 1. The molecule has 3 aromatic rings. The largest absolute Gasteiger partial charge is 0.356 e. The molecule has 0 aliphatic carbocycles. The molecule has 7 nitrogen and oxygen atoms in total. The van der Waals surface area contributed by atoms with Crippen LogP contribution in [0.4, 0.5) is 11.6 Å². The van der Waals surface area contributed by atoms with Crippen molar-refractivity contribution in [1.29, 1.82) is 0 Å². The van der Waals surface area contributed by atoms with Gasteiger partial charge in [0.05, 0.1) is 6.54 Å². The lowest BCUT2D eigenvalue weighted by atomic mass is 10.0. The quantitative estimate of drug-likeness (QED) is 0.638. The molecule has 0 radical (unpaired) electrons. The van der Waals surface area contributed by atoms with Gasteiger partial charge in [-0.05, 0) is 44.7 Å². The number of hydrogen-bond acceptors (Lipinski definition) is 7. The maximum Gasteiger partial charge on any atom is 0.170 e. The van der Waals surface area contributed by atoms with Gasteiger partial charge in [0.25, 0.3) is 0 Å². The molecule has 4 heterocycles. The highest BCUT2D eigenvalue weighted by molar-refractivity contribution is 6.30. The molecule has 0 atom stereocenters. The number of aromatic nitrogens is 3. The Labute approximate surface area is 181 Å². The zero-order chi connectivity index (χ0) is 20.7. The molecule has 1 aromatic carbocycles. The predicted molar refractivity (Wildman–Crippen MR) is 118 cm³/mol. The number of hydrogen-bond donors (Lipinski definition) is 0. The lowest BCUT2D eigenvalue weighted by molar-refractivity contribution is 0.312. The summed E-state index contributed by atoms with van der Waals surface area (Å²) in [6.07, 6.45) is 0.865. The standard InChI is InChI=1S/C22H25ClN6O/c1-15-24-20(28-11-9-27(2)10-12-28)13-21(25-15)29-8-7-18-19(14-29)26-30-22(18)16-3-5-17(23)6-4-16/h3-6,13H,7-12,14H2,1-2H3. The van der Waals surface area contributed by atoms with Gasteiger partial charge < -0.3 is 19.2 Å². The number of fused-ring (bicyclic) bond motifs is 1. The van der Waals surface area contributed by atoms with Crippen LogP contribution in [0.2, 0.25) is 5.02 Å². The minimum absolute atomic E-state index is 0.686. The van der Waals surface area contributed by atoms with Crippen LogP contribution in [0.5, 0.6) is 0 Å². The normalized spacial score (nSPS) is 17.3. The predicted octanol–water partition coefficient (Wildman–Crippen LogP) is 3.41. The molecular formula is C22H25ClN6O. The molecule has 2 aromatic heterocycles. The number of likely N-dealkylation sites (N-methyl/N-ethyl adjacent to an activating group) is 1.